The molecule has 34 heavy (non-hydrogen) atoms. The predicted molar refractivity (Wildman–Crippen MR) is 131 cm³/mol. The van der Waals surface area contributed by atoms with Crippen LogP contribution in [0.5, 0.6) is 0 Å². The molecule has 0 aliphatic carbocycles. The maximum absolute atomic E-state index is 13.8. The Labute approximate surface area is 214 Å². The maximum atomic E-state index is 13.8. The summed E-state index contributed by atoms with van der Waals surface area (Å²) in [6, 6.07) is 11.5. The molecular weight excluding hydrogens is 549 g/mol. The number of rotatable bonds is 7. The number of fused-ring (bicyclic) bond motifs is 1. The van der Waals surface area contributed by atoms with E-state index in [2.05, 4.69) is 21.2 Å². The van der Waals surface area contributed by atoms with E-state index in [1.807, 2.05) is 24.3 Å². The highest BCUT2D eigenvalue weighted by Crippen LogP contribution is 2.44. The molecule has 0 aromatic heterocycles. The fourth-order valence-electron chi connectivity index (χ4n) is 4.43. The van der Waals surface area contributed by atoms with Gasteiger partial charge in [0.15, 0.2) is 0 Å². The van der Waals surface area contributed by atoms with Crippen LogP contribution in [-0.2, 0) is 16.0 Å². The van der Waals surface area contributed by atoms with Gasteiger partial charge in [0.05, 0.1) is 12.2 Å². The van der Waals surface area contributed by atoms with Gasteiger partial charge >= 0.3 is 12.1 Å². The molecule has 0 radical (unpaired) electrons. The second-order valence-corrected chi connectivity index (χ2v) is 10.0. The summed E-state index contributed by atoms with van der Waals surface area (Å²) >= 11 is 15.7. The Morgan fingerprint density at radius 3 is 2.50 bits per heavy atom. The van der Waals surface area contributed by atoms with Crippen LogP contribution in [0.15, 0.2) is 46.9 Å². The van der Waals surface area contributed by atoms with Crippen LogP contribution >= 0.6 is 39.1 Å². The SMILES string of the molecule is O=C(NCCCO)O[C@H]1CN2C(=O)N(c3cc(Cl)cc(Cl)c3)C(=O)[C@]2(Cc2ccc(Br)cc2)C1. The molecule has 180 valence electrons. The molecule has 0 spiro atoms. The summed E-state index contributed by atoms with van der Waals surface area (Å²) in [5.41, 5.74) is -0.0832. The first-order valence-electron chi connectivity index (χ1n) is 10.7. The first-order valence-corrected chi connectivity index (χ1v) is 12.2. The lowest BCUT2D eigenvalue weighted by molar-refractivity contribution is -0.124. The van der Waals surface area contributed by atoms with Crippen molar-refractivity contribution in [2.75, 3.05) is 24.6 Å². The molecule has 2 aromatic carbocycles. The van der Waals surface area contributed by atoms with Crippen molar-refractivity contribution in [1.82, 2.24) is 10.2 Å². The third-order valence-corrected chi connectivity index (χ3v) is 6.85. The molecule has 2 aromatic rings. The Morgan fingerprint density at radius 1 is 1.18 bits per heavy atom. The van der Waals surface area contributed by atoms with Crippen LogP contribution in [0.3, 0.4) is 0 Å². The van der Waals surface area contributed by atoms with Gasteiger partial charge < -0.3 is 20.1 Å². The zero-order valence-electron chi connectivity index (χ0n) is 18.0. The quantitative estimate of drug-likeness (QED) is 0.380. The van der Waals surface area contributed by atoms with Crippen molar-refractivity contribution in [2.24, 2.45) is 0 Å². The number of benzene rings is 2. The van der Waals surface area contributed by atoms with E-state index < -0.39 is 29.7 Å². The van der Waals surface area contributed by atoms with Crippen LogP contribution in [0.1, 0.15) is 18.4 Å². The molecule has 0 unspecified atom stereocenters. The zero-order chi connectivity index (χ0) is 24.5. The smallest absolute Gasteiger partial charge is 0.407 e. The fourth-order valence-corrected chi connectivity index (χ4v) is 5.21. The lowest BCUT2D eigenvalue weighted by Gasteiger charge is -2.28. The molecule has 0 saturated carbocycles. The minimum Gasteiger partial charge on any atom is -0.444 e. The molecule has 4 amide bonds. The number of amides is 4. The number of hydrogen-bond acceptors (Lipinski definition) is 5. The first-order chi connectivity index (χ1) is 16.2. The Balaban J connectivity index is 1.64. The van der Waals surface area contributed by atoms with Gasteiger partial charge in [0.25, 0.3) is 5.91 Å². The third-order valence-electron chi connectivity index (χ3n) is 5.88. The highest BCUT2D eigenvalue weighted by Gasteiger charge is 2.63. The standard InChI is InChI=1S/C23H22BrCl2N3O5/c24-15-4-2-14(3-5-15)11-23-12-19(34-21(32)27-6-1-7-30)13-28(23)22(33)29(20(23)31)18-9-16(25)8-17(26)10-18/h2-5,8-10,19,30H,1,6-7,11-13H2,(H,27,32)/t19-,23+/m1/s1. The maximum Gasteiger partial charge on any atom is 0.407 e. The number of imide groups is 1. The molecule has 8 nitrogen and oxygen atoms in total. The number of urea groups is 1. The molecule has 0 bridgehead atoms. The third kappa shape index (κ3) is 4.88. The summed E-state index contributed by atoms with van der Waals surface area (Å²) in [5, 5.41) is 12.0. The molecule has 2 atom stereocenters. The number of halogens is 3. The molecule has 2 saturated heterocycles. The molecule has 2 aliphatic rings. The van der Waals surface area contributed by atoms with Crippen LogP contribution < -0.4 is 10.2 Å². The number of aliphatic hydroxyl groups excluding tert-OH is 1. The minimum atomic E-state index is -1.23. The zero-order valence-corrected chi connectivity index (χ0v) is 21.1. The minimum absolute atomic E-state index is 0.0554. The van der Waals surface area contributed by atoms with Gasteiger partial charge in [-0.2, -0.15) is 0 Å². The lowest BCUT2D eigenvalue weighted by atomic mass is 9.87. The van der Waals surface area contributed by atoms with Crippen molar-refractivity contribution in [3.8, 4) is 0 Å². The fraction of sp³-hybridized carbons (Fsp3) is 0.348. The highest BCUT2D eigenvalue weighted by atomic mass is 79.9. The van der Waals surface area contributed by atoms with E-state index in [4.69, 9.17) is 33.0 Å². The van der Waals surface area contributed by atoms with Crippen molar-refractivity contribution >= 4 is 62.9 Å². The van der Waals surface area contributed by atoms with Crippen molar-refractivity contribution in [2.45, 2.75) is 30.9 Å². The number of carbonyl (C=O) groups excluding carboxylic acids is 3. The van der Waals surface area contributed by atoms with E-state index in [0.717, 1.165) is 14.9 Å². The summed E-state index contributed by atoms with van der Waals surface area (Å²) in [6.45, 7) is 0.274. The second-order valence-electron chi connectivity index (χ2n) is 8.23. The first kappa shape index (κ1) is 24.8. The monoisotopic (exact) mass is 569 g/mol. The Hall–Kier alpha value is -2.33. The van der Waals surface area contributed by atoms with Crippen LogP contribution in [0, 0.1) is 0 Å². The summed E-state index contributed by atoms with van der Waals surface area (Å²) in [4.78, 5) is 42.0. The van der Waals surface area contributed by atoms with E-state index in [-0.39, 0.29) is 38.2 Å². The van der Waals surface area contributed by atoms with Gasteiger partial charge in [-0.25, -0.2) is 14.5 Å². The number of nitrogens with zero attached hydrogens (tertiary/aromatic N) is 2. The van der Waals surface area contributed by atoms with Gasteiger partial charge in [0.2, 0.25) is 0 Å². The average Bonchev–Trinajstić information content (AvgIpc) is 3.21. The van der Waals surface area contributed by atoms with E-state index in [1.165, 1.54) is 23.1 Å². The number of nitrogens with one attached hydrogen (secondary N) is 1. The highest BCUT2D eigenvalue weighted by molar-refractivity contribution is 9.10. The van der Waals surface area contributed by atoms with Gasteiger partial charge in [-0.3, -0.25) is 4.79 Å². The molecule has 2 heterocycles. The van der Waals surface area contributed by atoms with Gasteiger partial charge in [0.1, 0.15) is 11.6 Å². The normalized spacial score (nSPS) is 21.7. The Morgan fingerprint density at radius 2 is 1.85 bits per heavy atom. The van der Waals surface area contributed by atoms with Crippen LogP contribution in [0.25, 0.3) is 0 Å². The second kappa shape index (κ2) is 10.1. The number of aliphatic hydroxyl groups is 1. The van der Waals surface area contributed by atoms with Gasteiger partial charge in [0, 0.05) is 40.5 Å². The largest absolute Gasteiger partial charge is 0.444 e. The van der Waals surface area contributed by atoms with Crippen LogP contribution in [0.4, 0.5) is 15.3 Å². The van der Waals surface area contributed by atoms with Crippen molar-refractivity contribution in [3.05, 3.63) is 62.5 Å². The molecular formula is C23H22BrCl2N3O5. The average molecular weight is 571 g/mol. The summed E-state index contributed by atoms with van der Waals surface area (Å²) < 4.78 is 6.40. The van der Waals surface area contributed by atoms with Crippen LogP contribution in [-0.4, -0.2) is 59.4 Å². The lowest BCUT2D eigenvalue weighted by Crippen LogP contribution is -2.47. The Kier molecular flexibility index (Phi) is 7.37. The molecule has 2 N–H and O–H groups in total. The topological polar surface area (TPSA) is 99.2 Å². The molecule has 11 heteroatoms. The Bertz CT molecular complexity index is 1100. The van der Waals surface area contributed by atoms with Crippen molar-refractivity contribution < 1.29 is 24.2 Å². The predicted octanol–water partition coefficient (Wildman–Crippen LogP) is 4.39. The number of carbonyl (C=O) groups is 3. The van der Waals surface area contributed by atoms with E-state index >= 15 is 0 Å². The van der Waals surface area contributed by atoms with E-state index in [1.54, 1.807) is 0 Å². The summed E-state index contributed by atoms with van der Waals surface area (Å²) in [5.74, 6) is -0.425. The number of ether oxygens (including phenoxy) is 1. The van der Waals surface area contributed by atoms with E-state index in [9.17, 15) is 14.4 Å². The number of hydrogen-bond donors (Lipinski definition) is 2. The van der Waals surface area contributed by atoms with Gasteiger partial charge in [-0.15, -0.1) is 0 Å². The van der Waals surface area contributed by atoms with Gasteiger partial charge in [-0.1, -0.05) is 51.3 Å². The number of anilines is 1. The van der Waals surface area contributed by atoms with Crippen molar-refractivity contribution in [3.63, 3.8) is 0 Å². The summed E-state index contributed by atoms with van der Waals surface area (Å²) in [7, 11) is 0. The van der Waals surface area contributed by atoms with Gasteiger partial charge in [-0.05, 0) is 42.3 Å². The summed E-state index contributed by atoms with van der Waals surface area (Å²) in [6.07, 6.45) is -0.527. The molecule has 2 aliphatic heterocycles. The molecule has 2 fully saturated rings. The molecule has 4 rings (SSSR count). The number of alkyl carbamates (subject to hydrolysis) is 1. The van der Waals surface area contributed by atoms with E-state index in [0.29, 0.717) is 16.5 Å². The van der Waals surface area contributed by atoms with Crippen LogP contribution in [0.2, 0.25) is 10.0 Å². The van der Waals surface area contributed by atoms with Crippen molar-refractivity contribution in [1.29, 1.82) is 0 Å².